The fourth-order valence-electron chi connectivity index (χ4n) is 0.945. The fraction of sp³-hybridized carbons (Fsp3) is 0.500. The van der Waals surface area contributed by atoms with E-state index >= 15 is 0 Å². The second kappa shape index (κ2) is 5.27. The van der Waals surface area contributed by atoms with E-state index in [1.54, 1.807) is 26.0 Å². The summed E-state index contributed by atoms with van der Waals surface area (Å²) < 4.78 is 6.92. The van der Waals surface area contributed by atoms with Gasteiger partial charge in [0.25, 0.3) is 0 Å². The number of pyridine rings is 1. The summed E-state index contributed by atoms with van der Waals surface area (Å²) in [6.45, 7) is 4.00. The predicted octanol–water partition coefficient (Wildman–Crippen LogP) is 3.15. The van der Waals surface area contributed by atoms with Crippen LogP contribution in [0.25, 0.3) is 0 Å². The lowest BCUT2D eigenvalue weighted by atomic mass is 10.1. The Morgan fingerprint density at radius 1 is 1.33 bits per heavy atom. The zero-order valence-electron chi connectivity index (χ0n) is 8.63. The Labute approximate surface area is 106 Å². The molecule has 1 aromatic rings. The van der Waals surface area contributed by atoms with Gasteiger partial charge in [-0.2, -0.15) is 0 Å². The van der Waals surface area contributed by atoms with Crippen molar-refractivity contribution < 1.29 is 9.84 Å². The highest BCUT2D eigenvalue weighted by Crippen LogP contribution is 2.22. The number of rotatable bonds is 4. The molecule has 0 saturated carbocycles. The number of halogens is 2. The van der Waals surface area contributed by atoms with Gasteiger partial charge < -0.3 is 9.84 Å². The smallest absolute Gasteiger partial charge is 0.124 e. The minimum Gasteiger partial charge on any atom is -0.493 e. The lowest BCUT2D eigenvalue weighted by Crippen LogP contribution is -2.21. The van der Waals surface area contributed by atoms with Gasteiger partial charge in [0, 0.05) is 18.6 Å². The Morgan fingerprint density at radius 3 is 2.33 bits per heavy atom. The maximum Gasteiger partial charge on any atom is 0.124 e. The van der Waals surface area contributed by atoms with Gasteiger partial charge in [-0.1, -0.05) is 0 Å². The number of aliphatic hydroxyl groups is 1. The molecule has 0 saturated heterocycles. The Balaban J connectivity index is 2.51. The molecule has 0 aliphatic carbocycles. The molecule has 0 aliphatic heterocycles. The highest BCUT2D eigenvalue weighted by Gasteiger charge is 2.12. The highest BCUT2D eigenvalue weighted by atomic mass is 79.9. The van der Waals surface area contributed by atoms with E-state index in [0.717, 1.165) is 15.0 Å². The standard InChI is InChI=1S/C10H13Br2NO2/c1-10(2,14)3-4-15-7-5-8(11)13-9(12)6-7/h5-6,14H,3-4H2,1-2H3. The first kappa shape index (κ1) is 12.9. The molecule has 3 nitrogen and oxygen atoms in total. The second-order valence-corrected chi connectivity index (χ2v) is 5.48. The van der Waals surface area contributed by atoms with Crippen LogP contribution >= 0.6 is 31.9 Å². The van der Waals surface area contributed by atoms with Crippen molar-refractivity contribution in [3.05, 3.63) is 21.3 Å². The summed E-state index contributed by atoms with van der Waals surface area (Å²) >= 11 is 6.55. The van der Waals surface area contributed by atoms with Crippen LogP contribution in [0, 0.1) is 0 Å². The summed E-state index contributed by atoms with van der Waals surface area (Å²) in [5.41, 5.74) is -0.693. The lowest BCUT2D eigenvalue weighted by molar-refractivity contribution is 0.0553. The van der Waals surface area contributed by atoms with Crippen molar-refractivity contribution in [3.8, 4) is 5.75 Å². The van der Waals surface area contributed by atoms with Crippen LogP contribution in [0.3, 0.4) is 0 Å². The third kappa shape index (κ3) is 5.49. The minimum absolute atomic E-state index is 0.479. The van der Waals surface area contributed by atoms with Gasteiger partial charge in [0.15, 0.2) is 0 Å². The van der Waals surface area contributed by atoms with Crippen molar-refractivity contribution in [2.75, 3.05) is 6.61 Å². The van der Waals surface area contributed by atoms with E-state index < -0.39 is 5.60 Å². The molecule has 0 unspecified atom stereocenters. The summed E-state index contributed by atoms with van der Waals surface area (Å²) in [5, 5.41) is 9.49. The van der Waals surface area contributed by atoms with Gasteiger partial charge in [0.2, 0.25) is 0 Å². The normalized spacial score (nSPS) is 11.5. The van der Waals surface area contributed by atoms with Crippen molar-refractivity contribution in [2.24, 2.45) is 0 Å². The molecule has 1 N–H and O–H groups in total. The van der Waals surface area contributed by atoms with E-state index in [0.29, 0.717) is 13.0 Å². The number of hydrogen-bond donors (Lipinski definition) is 1. The molecule has 0 spiro atoms. The van der Waals surface area contributed by atoms with Crippen LogP contribution in [0.5, 0.6) is 5.75 Å². The van der Waals surface area contributed by atoms with Crippen molar-refractivity contribution in [2.45, 2.75) is 25.9 Å². The molecule has 1 rings (SSSR count). The van der Waals surface area contributed by atoms with Gasteiger partial charge >= 0.3 is 0 Å². The second-order valence-electron chi connectivity index (χ2n) is 3.86. The molecule has 0 bridgehead atoms. The molecule has 0 radical (unpaired) electrons. The number of nitrogens with zero attached hydrogens (tertiary/aromatic N) is 1. The van der Waals surface area contributed by atoms with Crippen molar-refractivity contribution >= 4 is 31.9 Å². The molecule has 5 heteroatoms. The van der Waals surface area contributed by atoms with E-state index in [1.165, 1.54) is 0 Å². The number of aromatic nitrogens is 1. The maximum atomic E-state index is 9.49. The molecule has 1 aromatic heterocycles. The molecule has 1 heterocycles. The van der Waals surface area contributed by atoms with Gasteiger partial charge in [-0.3, -0.25) is 0 Å². The quantitative estimate of drug-likeness (QED) is 0.857. The molecular weight excluding hydrogens is 326 g/mol. The van der Waals surface area contributed by atoms with E-state index in [2.05, 4.69) is 36.8 Å². The van der Waals surface area contributed by atoms with Crippen LogP contribution in [0.4, 0.5) is 0 Å². The molecule has 84 valence electrons. The number of ether oxygens (including phenoxy) is 1. The van der Waals surface area contributed by atoms with Crippen LogP contribution in [0.15, 0.2) is 21.3 Å². The summed E-state index contributed by atoms with van der Waals surface area (Å²) in [4.78, 5) is 4.10. The zero-order chi connectivity index (χ0) is 11.5. The van der Waals surface area contributed by atoms with Crippen LogP contribution < -0.4 is 4.74 Å². The summed E-state index contributed by atoms with van der Waals surface area (Å²) in [6.07, 6.45) is 0.588. The third-order valence-corrected chi connectivity index (χ3v) is 2.53. The first-order valence-corrected chi connectivity index (χ1v) is 6.14. The van der Waals surface area contributed by atoms with E-state index in [4.69, 9.17) is 4.74 Å². The molecule has 0 atom stereocenters. The first-order chi connectivity index (χ1) is 6.87. The van der Waals surface area contributed by atoms with E-state index in [-0.39, 0.29) is 0 Å². The fourth-order valence-corrected chi connectivity index (χ4v) is 2.02. The average Bonchev–Trinajstić information content (AvgIpc) is 1.99. The summed E-state index contributed by atoms with van der Waals surface area (Å²) in [6, 6.07) is 3.57. The average molecular weight is 339 g/mol. The van der Waals surface area contributed by atoms with Crippen LogP contribution in [0.2, 0.25) is 0 Å². The summed E-state index contributed by atoms with van der Waals surface area (Å²) in [5.74, 6) is 0.730. The van der Waals surface area contributed by atoms with Gasteiger partial charge in [0.1, 0.15) is 15.0 Å². The minimum atomic E-state index is -0.693. The van der Waals surface area contributed by atoms with Crippen LogP contribution in [-0.4, -0.2) is 22.3 Å². The molecule has 0 aromatic carbocycles. The Hall–Kier alpha value is -0.130. The molecule has 15 heavy (non-hydrogen) atoms. The summed E-state index contributed by atoms with van der Waals surface area (Å²) in [7, 11) is 0. The van der Waals surface area contributed by atoms with Crippen molar-refractivity contribution in [1.82, 2.24) is 4.98 Å². The van der Waals surface area contributed by atoms with Gasteiger partial charge in [0.05, 0.1) is 12.2 Å². The van der Waals surface area contributed by atoms with Crippen LogP contribution in [0.1, 0.15) is 20.3 Å². The predicted molar refractivity (Wildman–Crippen MR) is 66.0 cm³/mol. The Morgan fingerprint density at radius 2 is 1.87 bits per heavy atom. The van der Waals surface area contributed by atoms with Crippen LogP contribution in [-0.2, 0) is 0 Å². The van der Waals surface area contributed by atoms with Gasteiger partial charge in [-0.05, 0) is 45.7 Å². The van der Waals surface area contributed by atoms with Gasteiger partial charge in [-0.15, -0.1) is 0 Å². The zero-order valence-corrected chi connectivity index (χ0v) is 11.8. The Bertz CT molecular complexity index is 316. The lowest BCUT2D eigenvalue weighted by Gasteiger charge is -2.17. The topological polar surface area (TPSA) is 42.4 Å². The molecule has 0 amide bonds. The first-order valence-electron chi connectivity index (χ1n) is 4.55. The Kier molecular flexibility index (Phi) is 4.55. The monoisotopic (exact) mass is 337 g/mol. The molecular formula is C10H13Br2NO2. The maximum absolute atomic E-state index is 9.49. The van der Waals surface area contributed by atoms with Crippen molar-refractivity contribution in [1.29, 1.82) is 0 Å². The van der Waals surface area contributed by atoms with E-state index in [9.17, 15) is 5.11 Å². The highest BCUT2D eigenvalue weighted by molar-refractivity contribution is 9.11. The molecule has 0 aliphatic rings. The molecule has 0 fully saturated rings. The third-order valence-electron chi connectivity index (χ3n) is 1.72. The van der Waals surface area contributed by atoms with Crippen molar-refractivity contribution in [3.63, 3.8) is 0 Å². The largest absolute Gasteiger partial charge is 0.493 e. The van der Waals surface area contributed by atoms with E-state index in [1.807, 2.05) is 0 Å². The SMILES string of the molecule is CC(C)(O)CCOc1cc(Br)nc(Br)c1. The number of hydrogen-bond acceptors (Lipinski definition) is 3. The van der Waals surface area contributed by atoms with Gasteiger partial charge in [-0.25, -0.2) is 4.98 Å².